The molecule has 1 aromatic rings. The molecule has 1 unspecified atom stereocenters. The van der Waals surface area contributed by atoms with Gasteiger partial charge in [0.15, 0.2) is 0 Å². The second kappa shape index (κ2) is 5.65. The van der Waals surface area contributed by atoms with Crippen LogP contribution in [-0.2, 0) is 0 Å². The molecule has 1 fully saturated rings. The van der Waals surface area contributed by atoms with Crippen molar-refractivity contribution in [2.45, 2.75) is 51.6 Å². The predicted molar refractivity (Wildman–Crippen MR) is 72.9 cm³/mol. The number of thiophene rings is 1. The number of hydrogen-bond acceptors (Lipinski definition) is 2. The van der Waals surface area contributed by atoms with E-state index in [0.29, 0.717) is 0 Å². The summed E-state index contributed by atoms with van der Waals surface area (Å²) in [5.74, 6) is 0.738. The van der Waals surface area contributed by atoms with Gasteiger partial charge in [0.25, 0.3) is 0 Å². The van der Waals surface area contributed by atoms with Crippen molar-refractivity contribution in [3.63, 3.8) is 0 Å². The number of aryl methyl sites for hydroxylation is 1. The van der Waals surface area contributed by atoms with Crippen molar-refractivity contribution in [3.8, 4) is 0 Å². The van der Waals surface area contributed by atoms with Gasteiger partial charge in [-0.05, 0) is 46.8 Å². The van der Waals surface area contributed by atoms with E-state index in [0.717, 1.165) is 21.7 Å². The second-order valence-corrected chi connectivity index (χ2v) is 7.45. The normalized spacial score (nSPS) is 19.9. The fraction of sp³-hybridized carbons (Fsp3) is 0.692. The summed E-state index contributed by atoms with van der Waals surface area (Å²) in [6, 6.07) is 2.08. The Morgan fingerprint density at radius 3 is 2.69 bits per heavy atom. The van der Waals surface area contributed by atoms with Gasteiger partial charge in [-0.15, -0.1) is 11.3 Å². The molecule has 0 aromatic carbocycles. The molecule has 1 atom stereocenters. The lowest BCUT2D eigenvalue weighted by molar-refractivity contribution is 0.131. The molecule has 1 nitrogen and oxygen atoms in total. The quantitative estimate of drug-likeness (QED) is 0.848. The average Bonchev–Trinajstić information content (AvgIpc) is 2.59. The molecule has 90 valence electrons. The van der Waals surface area contributed by atoms with Gasteiger partial charge in [-0.1, -0.05) is 32.1 Å². The first-order chi connectivity index (χ1) is 7.66. The van der Waals surface area contributed by atoms with E-state index in [2.05, 4.69) is 28.9 Å². The standard InChI is InChI=1S/C13H19BrOS/c1-9-11(8-13(14)16-9)12(15)7-10-5-3-2-4-6-10/h8,10,12,15H,2-7H2,1H3. The Morgan fingerprint density at radius 1 is 1.44 bits per heavy atom. The molecule has 0 aliphatic heterocycles. The summed E-state index contributed by atoms with van der Waals surface area (Å²) in [5.41, 5.74) is 1.13. The van der Waals surface area contributed by atoms with Crippen molar-refractivity contribution < 1.29 is 5.11 Å². The van der Waals surface area contributed by atoms with Crippen LogP contribution in [0.3, 0.4) is 0 Å². The Hall–Kier alpha value is 0.140. The maximum Gasteiger partial charge on any atom is 0.0803 e. The highest BCUT2D eigenvalue weighted by Gasteiger charge is 2.20. The molecule has 1 aliphatic rings. The van der Waals surface area contributed by atoms with Gasteiger partial charge in [-0.3, -0.25) is 0 Å². The fourth-order valence-electron chi connectivity index (χ4n) is 2.65. The monoisotopic (exact) mass is 302 g/mol. The maximum atomic E-state index is 10.3. The summed E-state index contributed by atoms with van der Waals surface area (Å²) in [4.78, 5) is 1.25. The number of hydrogen-bond donors (Lipinski definition) is 1. The molecule has 2 rings (SSSR count). The summed E-state index contributed by atoms with van der Waals surface area (Å²) >= 11 is 5.20. The van der Waals surface area contributed by atoms with E-state index in [1.54, 1.807) is 11.3 Å². The van der Waals surface area contributed by atoms with Crippen LogP contribution in [0.5, 0.6) is 0 Å². The van der Waals surface area contributed by atoms with Crippen LogP contribution in [0.1, 0.15) is 55.1 Å². The van der Waals surface area contributed by atoms with Crippen LogP contribution in [0.25, 0.3) is 0 Å². The van der Waals surface area contributed by atoms with E-state index in [-0.39, 0.29) is 6.10 Å². The van der Waals surface area contributed by atoms with Crippen molar-refractivity contribution in [2.75, 3.05) is 0 Å². The third kappa shape index (κ3) is 3.08. The van der Waals surface area contributed by atoms with E-state index in [1.165, 1.54) is 37.0 Å². The van der Waals surface area contributed by atoms with Gasteiger partial charge < -0.3 is 5.11 Å². The van der Waals surface area contributed by atoms with Crippen molar-refractivity contribution in [3.05, 3.63) is 20.3 Å². The SMILES string of the molecule is Cc1sc(Br)cc1C(O)CC1CCCCC1. The van der Waals surface area contributed by atoms with E-state index in [9.17, 15) is 5.11 Å². The van der Waals surface area contributed by atoms with Gasteiger partial charge >= 0.3 is 0 Å². The minimum atomic E-state index is -0.259. The van der Waals surface area contributed by atoms with Crippen LogP contribution in [-0.4, -0.2) is 5.11 Å². The number of rotatable bonds is 3. The van der Waals surface area contributed by atoms with Gasteiger partial charge in [-0.25, -0.2) is 0 Å². The molecule has 1 N–H and O–H groups in total. The molecule has 16 heavy (non-hydrogen) atoms. The summed E-state index contributed by atoms with van der Waals surface area (Å²) < 4.78 is 1.13. The van der Waals surface area contributed by atoms with Crippen molar-refractivity contribution in [1.82, 2.24) is 0 Å². The van der Waals surface area contributed by atoms with Crippen LogP contribution in [0.2, 0.25) is 0 Å². The summed E-state index contributed by atoms with van der Waals surface area (Å²) in [6.45, 7) is 2.09. The zero-order chi connectivity index (χ0) is 11.5. The highest BCUT2D eigenvalue weighted by atomic mass is 79.9. The Balaban J connectivity index is 1.96. The molecule has 0 spiro atoms. The lowest BCUT2D eigenvalue weighted by Crippen LogP contribution is -2.11. The fourth-order valence-corrected chi connectivity index (χ4v) is 4.42. The third-order valence-corrected chi connectivity index (χ3v) is 5.14. The van der Waals surface area contributed by atoms with Crippen LogP contribution in [0.15, 0.2) is 9.85 Å². The zero-order valence-electron chi connectivity index (χ0n) is 9.71. The van der Waals surface area contributed by atoms with Gasteiger partial charge in [0.05, 0.1) is 9.89 Å². The van der Waals surface area contributed by atoms with Gasteiger partial charge in [0.2, 0.25) is 0 Å². The predicted octanol–water partition coefficient (Wildman–Crippen LogP) is 4.82. The molecular formula is C13H19BrOS. The van der Waals surface area contributed by atoms with Crippen LogP contribution < -0.4 is 0 Å². The smallest absolute Gasteiger partial charge is 0.0803 e. The minimum Gasteiger partial charge on any atom is -0.388 e. The largest absolute Gasteiger partial charge is 0.388 e. The van der Waals surface area contributed by atoms with E-state index in [4.69, 9.17) is 0 Å². The highest BCUT2D eigenvalue weighted by Crippen LogP contribution is 2.36. The van der Waals surface area contributed by atoms with Crippen molar-refractivity contribution in [1.29, 1.82) is 0 Å². The molecule has 1 aromatic heterocycles. The van der Waals surface area contributed by atoms with E-state index >= 15 is 0 Å². The van der Waals surface area contributed by atoms with Gasteiger partial charge in [0.1, 0.15) is 0 Å². The topological polar surface area (TPSA) is 20.2 Å². The molecule has 3 heteroatoms. The molecular weight excluding hydrogens is 284 g/mol. The summed E-state index contributed by atoms with van der Waals surface area (Å²) in [7, 11) is 0. The molecule has 1 heterocycles. The van der Waals surface area contributed by atoms with Crippen LogP contribution >= 0.6 is 27.3 Å². The lowest BCUT2D eigenvalue weighted by Gasteiger charge is -2.24. The zero-order valence-corrected chi connectivity index (χ0v) is 12.1. The summed E-state index contributed by atoms with van der Waals surface area (Å²) in [5, 5.41) is 10.3. The number of aliphatic hydroxyl groups excluding tert-OH is 1. The minimum absolute atomic E-state index is 0.259. The molecule has 0 radical (unpaired) electrons. The van der Waals surface area contributed by atoms with E-state index in [1.807, 2.05) is 0 Å². The Morgan fingerprint density at radius 2 is 2.12 bits per heavy atom. The molecule has 1 saturated carbocycles. The maximum absolute atomic E-state index is 10.3. The first-order valence-corrected chi connectivity index (χ1v) is 7.71. The molecule has 0 bridgehead atoms. The second-order valence-electron chi connectivity index (χ2n) is 4.82. The summed E-state index contributed by atoms with van der Waals surface area (Å²) in [6.07, 6.45) is 7.39. The third-order valence-electron chi connectivity index (χ3n) is 3.57. The van der Waals surface area contributed by atoms with Gasteiger partial charge in [0, 0.05) is 4.88 Å². The Bertz CT molecular complexity index is 342. The number of halogens is 1. The van der Waals surface area contributed by atoms with Crippen LogP contribution in [0, 0.1) is 12.8 Å². The number of aliphatic hydroxyl groups is 1. The molecule has 0 saturated heterocycles. The Kier molecular flexibility index (Phi) is 4.45. The molecule has 0 amide bonds. The first-order valence-electron chi connectivity index (χ1n) is 6.10. The van der Waals surface area contributed by atoms with Crippen molar-refractivity contribution >= 4 is 27.3 Å². The highest BCUT2D eigenvalue weighted by molar-refractivity contribution is 9.11. The Labute approximate surface area is 110 Å². The van der Waals surface area contributed by atoms with Gasteiger partial charge in [-0.2, -0.15) is 0 Å². The van der Waals surface area contributed by atoms with Crippen molar-refractivity contribution in [2.24, 2.45) is 5.92 Å². The van der Waals surface area contributed by atoms with E-state index < -0.39 is 0 Å². The molecule has 1 aliphatic carbocycles. The lowest BCUT2D eigenvalue weighted by atomic mass is 9.84. The first kappa shape index (κ1) is 12.6. The van der Waals surface area contributed by atoms with Crippen LogP contribution in [0.4, 0.5) is 0 Å². The average molecular weight is 303 g/mol.